The number of benzene rings is 3. The summed E-state index contributed by atoms with van der Waals surface area (Å²) in [5.74, 6) is 0. The van der Waals surface area contributed by atoms with E-state index in [2.05, 4.69) is 102 Å². The third-order valence-electron chi connectivity index (χ3n) is 5.84. The van der Waals surface area contributed by atoms with E-state index in [1.54, 1.807) is 17.4 Å². The van der Waals surface area contributed by atoms with Crippen LogP contribution in [0.3, 0.4) is 0 Å². The highest BCUT2D eigenvalue weighted by atomic mass is 32.1. The molecule has 32 heavy (non-hydrogen) atoms. The van der Waals surface area contributed by atoms with Crippen LogP contribution in [0.1, 0.15) is 5.56 Å². The zero-order valence-electron chi connectivity index (χ0n) is 17.3. The van der Waals surface area contributed by atoms with Crippen molar-refractivity contribution in [1.82, 2.24) is 9.55 Å². The lowest BCUT2D eigenvalue weighted by molar-refractivity contribution is 1.15. The number of nitrogens with zero attached hydrogens (tertiary/aromatic N) is 3. The molecule has 0 saturated heterocycles. The average Bonchev–Trinajstić information content (AvgIpc) is 3.36. The van der Waals surface area contributed by atoms with Crippen molar-refractivity contribution in [2.45, 2.75) is 0 Å². The molecule has 4 heteroatoms. The van der Waals surface area contributed by atoms with Gasteiger partial charge in [0.1, 0.15) is 5.65 Å². The summed E-state index contributed by atoms with van der Waals surface area (Å²) in [4.78, 5) is 9.32. The molecule has 3 aromatic carbocycles. The first kappa shape index (κ1) is 18.7. The van der Waals surface area contributed by atoms with Crippen molar-refractivity contribution in [1.29, 1.82) is 0 Å². The predicted molar refractivity (Wildman–Crippen MR) is 139 cm³/mol. The number of allylic oxidation sites excluding steroid dienone is 2. The highest BCUT2D eigenvalue weighted by Gasteiger charge is 2.16. The highest BCUT2D eigenvalue weighted by molar-refractivity contribution is 7.25. The number of fused-ring (bicyclic) bond motifs is 6. The Labute approximate surface area is 189 Å². The van der Waals surface area contributed by atoms with Crippen LogP contribution < -0.4 is 0 Å². The maximum atomic E-state index is 5.20. The second-order valence-corrected chi connectivity index (χ2v) is 8.73. The Balaban J connectivity index is 1.66. The first-order chi connectivity index (χ1) is 15.8. The van der Waals surface area contributed by atoms with Gasteiger partial charge in [-0.2, -0.15) is 0 Å². The minimum atomic E-state index is 0.804. The molecule has 0 fully saturated rings. The maximum absolute atomic E-state index is 5.20. The molecule has 0 aliphatic rings. The summed E-state index contributed by atoms with van der Waals surface area (Å²) in [5, 5.41) is 3.58. The number of pyridine rings is 1. The standard InChI is InChI=1S/C28H19N3S/c1-3-8-23(29-2)18-13-15-19(16-14-18)31-24-11-6-4-9-20(24)22-17-26-27(30-28(22)31)21-10-5-7-12-25(21)32-26/h3-17H,1-2H2/b23-8-. The van der Waals surface area contributed by atoms with E-state index < -0.39 is 0 Å². The maximum Gasteiger partial charge on any atom is 0.146 e. The van der Waals surface area contributed by atoms with E-state index >= 15 is 0 Å². The van der Waals surface area contributed by atoms with Gasteiger partial charge in [-0.05, 0) is 43.1 Å². The van der Waals surface area contributed by atoms with Gasteiger partial charge in [0.05, 0.1) is 21.4 Å². The molecule has 3 nitrogen and oxygen atoms in total. The first-order valence-electron chi connectivity index (χ1n) is 10.4. The SMILES string of the molecule is C=C/C=C(\N=C)c1ccc(-n2c3ccccc3c3cc4sc5ccccc5c4nc32)cc1. The van der Waals surface area contributed by atoms with E-state index in [4.69, 9.17) is 4.98 Å². The number of hydrogen-bond donors (Lipinski definition) is 0. The Morgan fingerprint density at radius 2 is 1.62 bits per heavy atom. The van der Waals surface area contributed by atoms with Crippen LogP contribution in [-0.2, 0) is 0 Å². The Morgan fingerprint density at radius 3 is 2.41 bits per heavy atom. The van der Waals surface area contributed by atoms with Gasteiger partial charge >= 0.3 is 0 Å². The van der Waals surface area contributed by atoms with E-state index in [0.29, 0.717) is 0 Å². The minimum Gasteiger partial charge on any atom is -0.294 e. The summed E-state index contributed by atoms with van der Waals surface area (Å²) in [7, 11) is 0. The lowest BCUT2D eigenvalue weighted by atomic mass is 10.1. The van der Waals surface area contributed by atoms with Crippen LogP contribution in [0.5, 0.6) is 0 Å². The van der Waals surface area contributed by atoms with E-state index in [1.807, 2.05) is 6.08 Å². The van der Waals surface area contributed by atoms with Crippen LogP contribution in [0.15, 0.2) is 103 Å². The number of para-hydroxylation sites is 1. The van der Waals surface area contributed by atoms with Gasteiger partial charge in [-0.25, -0.2) is 4.98 Å². The van der Waals surface area contributed by atoms with Crippen molar-refractivity contribution in [3.05, 3.63) is 103 Å². The molecular formula is C28H19N3S. The van der Waals surface area contributed by atoms with E-state index in [0.717, 1.165) is 33.6 Å². The van der Waals surface area contributed by atoms with E-state index in [1.165, 1.54) is 25.6 Å². The van der Waals surface area contributed by atoms with Crippen molar-refractivity contribution in [2.24, 2.45) is 4.99 Å². The Morgan fingerprint density at radius 1 is 0.875 bits per heavy atom. The Kier molecular flexibility index (Phi) is 4.27. The Bertz CT molecular complexity index is 1700. The van der Waals surface area contributed by atoms with Crippen molar-refractivity contribution >= 4 is 66.0 Å². The fourth-order valence-corrected chi connectivity index (χ4v) is 5.49. The molecule has 0 atom stereocenters. The number of hydrogen-bond acceptors (Lipinski definition) is 3. The zero-order valence-corrected chi connectivity index (χ0v) is 18.1. The predicted octanol–water partition coefficient (Wildman–Crippen LogP) is 7.77. The summed E-state index contributed by atoms with van der Waals surface area (Å²) in [5.41, 5.74) is 6.05. The quantitative estimate of drug-likeness (QED) is 0.208. The Hall–Kier alpha value is -4.02. The van der Waals surface area contributed by atoms with Gasteiger partial charge in [0.15, 0.2) is 0 Å². The molecule has 0 amide bonds. The molecule has 152 valence electrons. The summed E-state index contributed by atoms with van der Waals surface area (Å²) in [6.07, 6.45) is 3.59. The molecule has 0 unspecified atom stereocenters. The molecule has 0 bridgehead atoms. The van der Waals surface area contributed by atoms with Crippen LogP contribution in [0.25, 0.3) is 53.6 Å². The second kappa shape index (κ2) is 7.29. The van der Waals surface area contributed by atoms with E-state index in [9.17, 15) is 0 Å². The summed E-state index contributed by atoms with van der Waals surface area (Å²) < 4.78 is 4.73. The number of thiophene rings is 1. The normalized spacial score (nSPS) is 12.2. The molecule has 0 radical (unpaired) electrons. The average molecular weight is 430 g/mol. The van der Waals surface area contributed by atoms with Gasteiger partial charge in [-0.1, -0.05) is 61.2 Å². The number of aliphatic imine (C=N–C) groups is 1. The van der Waals surface area contributed by atoms with Crippen molar-refractivity contribution in [2.75, 3.05) is 0 Å². The molecule has 0 aliphatic carbocycles. The number of rotatable bonds is 4. The number of aromatic nitrogens is 2. The summed E-state index contributed by atoms with van der Waals surface area (Å²) in [6, 6.07) is 27.6. The molecule has 3 heterocycles. The molecule has 0 spiro atoms. The van der Waals surface area contributed by atoms with Gasteiger partial charge in [0, 0.05) is 32.1 Å². The zero-order chi connectivity index (χ0) is 21.7. The van der Waals surface area contributed by atoms with Gasteiger partial charge in [-0.3, -0.25) is 9.56 Å². The van der Waals surface area contributed by atoms with Gasteiger partial charge in [0.2, 0.25) is 0 Å². The topological polar surface area (TPSA) is 30.2 Å². The van der Waals surface area contributed by atoms with Crippen molar-refractivity contribution in [3.63, 3.8) is 0 Å². The molecule has 6 aromatic rings. The van der Waals surface area contributed by atoms with Gasteiger partial charge in [-0.15, -0.1) is 11.3 Å². The van der Waals surface area contributed by atoms with Gasteiger partial charge in [0.25, 0.3) is 0 Å². The minimum absolute atomic E-state index is 0.804. The third-order valence-corrected chi connectivity index (χ3v) is 6.95. The van der Waals surface area contributed by atoms with Crippen molar-refractivity contribution in [3.8, 4) is 5.69 Å². The third kappa shape index (κ3) is 2.74. The van der Waals surface area contributed by atoms with E-state index in [-0.39, 0.29) is 0 Å². The van der Waals surface area contributed by atoms with Crippen LogP contribution in [-0.4, -0.2) is 16.3 Å². The van der Waals surface area contributed by atoms with Crippen molar-refractivity contribution < 1.29 is 0 Å². The highest BCUT2D eigenvalue weighted by Crippen LogP contribution is 2.38. The largest absolute Gasteiger partial charge is 0.294 e. The van der Waals surface area contributed by atoms with Crippen LogP contribution in [0.2, 0.25) is 0 Å². The smallest absolute Gasteiger partial charge is 0.146 e. The van der Waals surface area contributed by atoms with Crippen LogP contribution in [0.4, 0.5) is 0 Å². The fraction of sp³-hybridized carbons (Fsp3) is 0. The molecule has 0 aliphatic heterocycles. The summed E-state index contributed by atoms with van der Waals surface area (Å²) in [6.45, 7) is 7.45. The summed E-state index contributed by atoms with van der Waals surface area (Å²) >= 11 is 1.80. The lowest BCUT2D eigenvalue weighted by Gasteiger charge is -2.09. The first-order valence-corrected chi connectivity index (χ1v) is 11.2. The monoisotopic (exact) mass is 429 g/mol. The van der Waals surface area contributed by atoms with Crippen LogP contribution >= 0.6 is 11.3 Å². The van der Waals surface area contributed by atoms with Gasteiger partial charge < -0.3 is 0 Å². The molecule has 6 rings (SSSR count). The van der Waals surface area contributed by atoms with Crippen LogP contribution in [0, 0.1) is 0 Å². The second-order valence-electron chi connectivity index (χ2n) is 7.65. The molecular weight excluding hydrogens is 410 g/mol. The fourth-order valence-electron chi connectivity index (χ4n) is 4.40. The molecule has 0 N–H and O–H groups in total. The molecule has 0 saturated carbocycles. The lowest BCUT2D eigenvalue weighted by Crippen LogP contribution is -1.96. The molecule has 3 aromatic heterocycles.